The van der Waals surface area contributed by atoms with Crippen LogP contribution in [0.15, 0.2) is 48.5 Å². The lowest BCUT2D eigenvalue weighted by Gasteiger charge is -2.29. The van der Waals surface area contributed by atoms with Crippen molar-refractivity contribution in [1.29, 1.82) is 0 Å². The molecule has 2 aliphatic rings. The van der Waals surface area contributed by atoms with Crippen LogP contribution in [0, 0.1) is 5.92 Å². The summed E-state index contributed by atoms with van der Waals surface area (Å²) in [5, 5.41) is 1.67. The van der Waals surface area contributed by atoms with E-state index in [4.69, 9.17) is 14.3 Å². The fourth-order valence-electron chi connectivity index (χ4n) is 4.19. The maximum atomic E-state index is 13.3. The standard InChI is InChI=1S/C23H26N2O5/c1-4-5-13-24-22(26)19-20(17-12-11-16(28-2)14-18(17)29-3)25(30-21(19)23(24)27)15-9-7-6-8-10-15/h6-12,14,19-21H,4-5,13H2,1-3H3/t19-,20+,21+/m0/s1. The normalized spacial score (nSPS) is 23.1. The van der Waals surface area contributed by atoms with E-state index in [0.29, 0.717) is 18.0 Å². The number of nitrogens with zero attached hydrogens (tertiary/aromatic N) is 2. The van der Waals surface area contributed by atoms with Crippen molar-refractivity contribution in [3.63, 3.8) is 0 Å². The van der Waals surface area contributed by atoms with Gasteiger partial charge in [0.1, 0.15) is 17.4 Å². The van der Waals surface area contributed by atoms with Crippen LogP contribution in [0.2, 0.25) is 0 Å². The molecular weight excluding hydrogens is 384 g/mol. The number of methoxy groups -OCH3 is 2. The summed E-state index contributed by atoms with van der Waals surface area (Å²) in [5.74, 6) is 0.124. The number of rotatable bonds is 7. The molecule has 0 N–H and O–H groups in total. The largest absolute Gasteiger partial charge is 0.497 e. The van der Waals surface area contributed by atoms with E-state index in [0.717, 1.165) is 24.1 Å². The predicted molar refractivity (Wildman–Crippen MR) is 111 cm³/mol. The third kappa shape index (κ3) is 3.29. The summed E-state index contributed by atoms with van der Waals surface area (Å²) < 4.78 is 10.9. The fourth-order valence-corrected chi connectivity index (χ4v) is 4.19. The van der Waals surface area contributed by atoms with Crippen molar-refractivity contribution < 1.29 is 23.9 Å². The van der Waals surface area contributed by atoms with Crippen LogP contribution in [-0.2, 0) is 14.4 Å². The second kappa shape index (κ2) is 8.36. The highest BCUT2D eigenvalue weighted by atomic mass is 16.7. The highest BCUT2D eigenvalue weighted by Crippen LogP contribution is 2.49. The number of imide groups is 1. The summed E-state index contributed by atoms with van der Waals surface area (Å²) >= 11 is 0. The van der Waals surface area contributed by atoms with Gasteiger partial charge in [-0.1, -0.05) is 31.5 Å². The minimum absolute atomic E-state index is 0.195. The first kappa shape index (κ1) is 20.2. The molecule has 2 saturated heterocycles. The molecule has 0 unspecified atom stereocenters. The van der Waals surface area contributed by atoms with Crippen LogP contribution in [0.1, 0.15) is 31.4 Å². The molecule has 7 heteroatoms. The molecule has 0 bridgehead atoms. The Morgan fingerprint density at radius 3 is 2.43 bits per heavy atom. The number of hydroxylamine groups is 1. The molecule has 2 aromatic carbocycles. The minimum atomic E-state index is -0.841. The third-order valence-corrected chi connectivity index (χ3v) is 5.71. The SMILES string of the molecule is CCCCN1C(=O)[C@H]2[C@@H](c3ccc(OC)cc3OC)N(c3ccccc3)O[C@H]2C1=O. The van der Waals surface area contributed by atoms with Crippen LogP contribution in [0.3, 0.4) is 0 Å². The van der Waals surface area contributed by atoms with E-state index in [9.17, 15) is 9.59 Å². The number of para-hydroxylation sites is 1. The van der Waals surface area contributed by atoms with Gasteiger partial charge in [-0.3, -0.25) is 19.3 Å². The molecule has 0 saturated carbocycles. The Kier molecular flexibility index (Phi) is 5.63. The monoisotopic (exact) mass is 410 g/mol. The zero-order chi connectivity index (χ0) is 21.3. The molecule has 30 heavy (non-hydrogen) atoms. The van der Waals surface area contributed by atoms with Gasteiger partial charge in [-0.25, -0.2) is 5.06 Å². The van der Waals surface area contributed by atoms with E-state index < -0.39 is 18.1 Å². The highest BCUT2D eigenvalue weighted by molar-refractivity contribution is 6.07. The maximum absolute atomic E-state index is 13.3. The molecule has 4 rings (SSSR count). The molecule has 2 fully saturated rings. The van der Waals surface area contributed by atoms with Crippen molar-refractivity contribution in [3.05, 3.63) is 54.1 Å². The first-order valence-corrected chi connectivity index (χ1v) is 10.2. The number of hydrogen-bond donors (Lipinski definition) is 0. The second-order valence-corrected chi connectivity index (χ2v) is 7.45. The Hall–Kier alpha value is -3.06. The Morgan fingerprint density at radius 2 is 1.77 bits per heavy atom. The zero-order valence-electron chi connectivity index (χ0n) is 17.4. The summed E-state index contributed by atoms with van der Waals surface area (Å²) in [7, 11) is 3.16. The number of benzene rings is 2. The lowest BCUT2D eigenvalue weighted by molar-refractivity contribution is -0.143. The van der Waals surface area contributed by atoms with E-state index in [1.165, 1.54) is 4.90 Å². The number of ether oxygens (including phenoxy) is 2. The number of fused-ring (bicyclic) bond motifs is 1. The average Bonchev–Trinajstić information content (AvgIpc) is 3.28. The lowest BCUT2D eigenvalue weighted by atomic mass is 9.90. The Bertz CT molecular complexity index is 932. The predicted octanol–water partition coefficient (Wildman–Crippen LogP) is 3.35. The van der Waals surface area contributed by atoms with Gasteiger partial charge in [-0.2, -0.15) is 0 Å². The van der Waals surface area contributed by atoms with Crippen LogP contribution >= 0.6 is 0 Å². The molecule has 3 atom stereocenters. The number of likely N-dealkylation sites (tertiary alicyclic amines) is 1. The first-order chi connectivity index (χ1) is 14.6. The van der Waals surface area contributed by atoms with Crippen LogP contribution in [0.5, 0.6) is 11.5 Å². The number of anilines is 1. The Labute approximate surface area is 176 Å². The van der Waals surface area contributed by atoms with Gasteiger partial charge in [0.2, 0.25) is 5.91 Å². The van der Waals surface area contributed by atoms with Crippen molar-refractivity contribution in [3.8, 4) is 11.5 Å². The molecule has 0 spiro atoms. The van der Waals surface area contributed by atoms with Gasteiger partial charge in [0.25, 0.3) is 5.91 Å². The Morgan fingerprint density at radius 1 is 1.00 bits per heavy atom. The molecule has 0 aliphatic carbocycles. The molecule has 0 radical (unpaired) electrons. The van der Waals surface area contributed by atoms with Crippen molar-refractivity contribution in [1.82, 2.24) is 4.90 Å². The molecule has 2 aromatic rings. The van der Waals surface area contributed by atoms with Gasteiger partial charge in [0.05, 0.1) is 25.9 Å². The molecule has 158 valence electrons. The molecular formula is C23H26N2O5. The number of carbonyl (C=O) groups is 2. The second-order valence-electron chi connectivity index (χ2n) is 7.45. The summed E-state index contributed by atoms with van der Waals surface area (Å²) in [5.41, 5.74) is 1.55. The number of unbranched alkanes of at least 4 members (excludes halogenated alkanes) is 1. The van der Waals surface area contributed by atoms with Gasteiger partial charge in [-0.05, 0) is 30.7 Å². The van der Waals surface area contributed by atoms with E-state index in [1.807, 2.05) is 49.4 Å². The minimum Gasteiger partial charge on any atom is -0.497 e. The van der Waals surface area contributed by atoms with Gasteiger partial charge in [-0.15, -0.1) is 0 Å². The van der Waals surface area contributed by atoms with Crippen molar-refractivity contribution in [2.75, 3.05) is 25.8 Å². The van der Waals surface area contributed by atoms with Crippen LogP contribution < -0.4 is 14.5 Å². The number of hydrogen-bond acceptors (Lipinski definition) is 6. The van der Waals surface area contributed by atoms with Gasteiger partial charge >= 0.3 is 0 Å². The van der Waals surface area contributed by atoms with Crippen LogP contribution in [-0.4, -0.2) is 43.6 Å². The summed E-state index contributed by atoms with van der Waals surface area (Å²) in [6, 6.07) is 14.5. The fraction of sp³-hybridized carbons (Fsp3) is 0.391. The summed E-state index contributed by atoms with van der Waals surface area (Å²) in [4.78, 5) is 33.8. The van der Waals surface area contributed by atoms with Crippen LogP contribution in [0.25, 0.3) is 0 Å². The number of amides is 2. The summed E-state index contributed by atoms with van der Waals surface area (Å²) in [6.45, 7) is 2.45. The smallest absolute Gasteiger partial charge is 0.261 e. The Balaban J connectivity index is 1.79. The van der Waals surface area contributed by atoms with E-state index in [1.54, 1.807) is 25.3 Å². The van der Waals surface area contributed by atoms with E-state index >= 15 is 0 Å². The lowest BCUT2D eigenvalue weighted by Crippen LogP contribution is -2.37. The van der Waals surface area contributed by atoms with Crippen molar-refractivity contribution >= 4 is 17.5 Å². The number of carbonyl (C=O) groups excluding carboxylic acids is 2. The average molecular weight is 410 g/mol. The maximum Gasteiger partial charge on any atom is 0.261 e. The molecule has 2 aliphatic heterocycles. The van der Waals surface area contributed by atoms with E-state index in [2.05, 4.69) is 0 Å². The van der Waals surface area contributed by atoms with Gasteiger partial charge in [0.15, 0.2) is 6.10 Å². The van der Waals surface area contributed by atoms with Gasteiger partial charge in [0, 0.05) is 18.2 Å². The van der Waals surface area contributed by atoms with Crippen molar-refractivity contribution in [2.45, 2.75) is 31.9 Å². The molecule has 2 heterocycles. The highest BCUT2D eigenvalue weighted by Gasteiger charge is 2.60. The third-order valence-electron chi connectivity index (χ3n) is 5.71. The molecule has 7 nitrogen and oxygen atoms in total. The van der Waals surface area contributed by atoms with Crippen LogP contribution in [0.4, 0.5) is 5.69 Å². The summed E-state index contributed by atoms with van der Waals surface area (Å²) in [6.07, 6.45) is 0.834. The van der Waals surface area contributed by atoms with Crippen molar-refractivity contribution in [2.24, 2.45) is 5.92 Å². The van der Waals surface area contributed by atoms with Gasteiger partial charge < -0.3 is 9.47 Å². The first-order valence-electron chi connectivity index (χ1n) is 10.2. The molecule has 2 amide bonds. The topological polar surface area (TPSA) is 68.3 Å². The quantitative estimate of drug-likeness (QED) is 0.652. The van der Waals surface area contributed by atoms with E-state index in [-0.39, 0.29) is 11.8 Å². The molecule has 0 aromatic heterocycles. The zero-order valence-corrected chi connectivity index (χ0v) is 17.4.